The number of hydrogen-bond acceptors (Lipinski definition) is 7. The van der Waals surface area contributed by atoms with Crippen molar-refractivity contribution in [2.24, 2.45) is 4.99 Å². The maximum absolute atomic E-state index is 13.9. The predicted octanol–water partition coefficient (Wildman–Crippen LogP) is 3.97. The van der Waals surface area contributed by atoms with E-state index in [-0.39, 0.29) is 12.2 Å². The zero-order valence-electron chi connectivity index (χ0n) is 21.0. The van der Waals surface area contributed by atoms with Crippen LogP contribution in [0.4, 0.5) is 0 Å². The van der Waals surface area contributed by atoms with Gasteiger partial charge in [0.2, 0.25) is 0 Å². The second-order valence-corrected chi connectivity index (χ2v) is 9.49. The van der Waals surface area contributed by atoms with E-state index in [0.29, 0.717) is 37.7 Å². The minimum absolute atomic E-state index is 0.208. The number of carbonyl (C=O) groups excluding carboxylic acids is 1. The van der Waals surface area contributed by atoms with Crippen molar-refractivity contribution in [3.05, 3.63) is 103 Å². The molecule has 0 bridgehead atoms. The third-order valence-electron chi connectivity index (χ3n) is 6.35. The minimum atomic E-state index is -0.732. The summed E-state index contributed by atoms with van der Waals surface area (Å²) in [7, 11) is 3.10. The van der Waals surface area contributed by atoms with Crippen LogP contribution in [0.3, 0.4) is 0 Å². The van der Waals surface area contributed by atoms with Crippen molar-refractivity contribution in [2.45, 2.75) is 19.9 Å². The number of hydrogen-bond donors (Lipinski definition) is 0. The average molecular weight is 515 g/mol. The molecule has 2 heterocycles. The molecule has 0 spiro atoms. The number of carbonyl (C=O) groups is 1. The first-order valence-corrected chi connectivity index (χ1v) is 12.7. The van der Waals surface area contributed by atoms with E-state index >= 15 is 0 Å². The first kappa shape index (κ1) is 24.5. The van der Waals surface area contributed by atoms with Crippen molar-refractivity contribution in [3.63, 3.8) is 0 Å². The van der Waals surface area contributed by atoms with Gasteiger partial charge in [0.1, 0.15) is 0 Å². The van der Waals surface area contributed by atoms with E-state index in [1.165, 1.54) is 11.3 Å². The summed E-state index contributed by atoms with van der Waals surface area (Å²) in [5.74, 6) is 0.538. The number of ether oxygens (including phenoxy) is 3. The van der Waals surface area contributed by atoms with Crippen LogP contribution in [-0.4, -0.2) is 31.4 Å². The Bertz CT molecular complexity index is 1730. The number of nitrogens with zero attached hydrogens (tertiary/aromatic N) is 2. The molecule has 3 aromatic carbocycles. The maximum Gasteiger partial charge on any atom is 0.338 e. The Hall–Kier alpha value is -4.17. The third kappa shape index (κ3) is 4.34. The fraction of sp³-hybridized carbons (Fsp3) is 0.207. The highest BCUT2D eigenvalue weighted by Crippen LogP contribution is 2.36. The topological polar surface area (TPSA) is 79.1 Å². The number of fused-ring (bicyclic) bond motifs is 2. The maximum atomic E-state index is 13.9. The lowest BCUT2D eigenvalue weighted by molar-refractivity contribution is -0.139. The molecule has 5 rings (SSSR count). The normalized spacial score (nSPS) is 15.4. The number of thiazole rings is 1. The first-order valence-electron chi connectivity index (χ1n) is 11.9. The molecule has 0 N–H and O–H groups in total. The summed E-state index contributed by atoms with van der Waals surface area (Å²) >= 11 is 1.30. The highest BCUT2D eigenvalue weighted by atomic mass is 32.1. The monoisotopic (exact) mass is 514 g/mol. The fourth-order valence-corrected chi connectivity index (χ4v) is 5.68. The molecule has 1 aliphatic heterocycles. The van der Waals surface area contributed by atoms with E-state index in [4.69, 9.17) is 14.2 Å². The van der Waals surface area contributed by atoms with E-state index in [1.54, 1.807) is 44.8 Å². The van der Waals surface area contributed by atoms with Crippen molar-refractivity contribution < 1.29 is 19.0 Å². The number of aromatic nitrogens is 1. The van der Waals surface area contributed by atoms with Crippen LogP contribution in [0.1, 0.15) is 31.0 Å². The van der Waals surface area contributed by atoms with Gasteiger partial charge in [-0.25, -0.2) is 9.79 Å². The summed E-state index contributed by atoms with van der Waals surface area (Å²) in [6, 6.07) is 18.7. The Balaban J connectivity index is 1.76. The van der Waals surface area contributed by atoms with Crippen LogP contribution in [0.2, 0.25) is 0 Å². The van der Waals surface area contributed by atoms with Gasteiger partial charge in [0.05, 0.1) is 42.7 Å². The lowest BCUT2D eigenvalue weighted by Crippen LogP contribution is -2.40. The minimum Gasteiger partial charge on any atom is -0.493 e. The molecule has 8 heteroatoms. The molecular formula is C29H26N2O5S. The summed E-state index contributed by atoms with van der Waals surface area (Å²) in [5.41, 5.74) is 2.22. The van der Waals surface area contributed by atoms with Crippen LogP contribution in [-0.2, 0) is 9.53 Å². The van der Waals surface area contributed by atoms with Gasteiger partial charge in [0.15, 0.2) is 16.3 Å². The molecule has 37 heavy (non-hydrogen) atoms. The van der Waals surface area contributed by atoms with E-state index in [2.05, 4.69) is 4.99 Å². The van der Waals surface area contributed by atoms with Crippen molar-refractivity contribution in [3.8, 4) is 11.5 Å². The van der Waals surface area contributed by atoms with Crippen molar-refractivity contribution in [1.29, 1.82) is 0 Å². The molecule has 0 unspecified atom stereocenters. The van der Waals surface area contributed by atoms with Crippen LogP contribution in [0.5, 0.6) is 11.5 Å². The van der Waals surface area contributed by atoms with Gasteiger partial charge in [-0.15, -0.1) is 0 Å². The number of rotatable bonds is 6. The highest BCUT2D eigenvalue weighted by molar-refractivity contribution is 7.07. The lowest BCUT2D eigenvalue weighted by atomic mass is 9.95. The molecule has 0 amide bonds. The molecule has 7 nitrogen and oxygen atoms in total. The highest BCUT2D eigenvalue weighted by Gasteiger charge is 2.33. The van der Waals surface area contributed by atoms with Crippen LogP contribution in [0.25, 0.3) is 16.8 Å². The quantitative estimate of drug-likeness (QED) is 0.364. The summed E-state index contributed by atoms with van der Waals surface area (Å²) in [6.45, 7) is 3.72. The molecule has 0 aliphatic carbocycles. The van der Waals surface area contributed by atoms with E-state index < -0.39 is 12.0 Å². The Morgan fingerprint density at radius 3 is 2.57 bits per heavy atom. The first-order chi connectivity index (χ1) is 18.0. The van der Waals surface area contributed by atoms with Crippen LogP contribution in [0.15, 0.2) is 81.7 Å². The molecule has 0 saturated carbocycles. The molecule has 1 aromatic heterocycles. The molecule has 1 aliphatic rings. The van der Waals surface area contributed by atoms with E-state index in [1.807, 2.05) is 54.6 Å². The fourth-order valence-electron chi connectivity index (χ4n) is 4.65. The van der Waals surface area contributed by atoms with Crippen molar-refractivity contribution in [2.75, 3.05) is 20.8 Å². The smallest absolute Gasteiger partial charge is 0.338 e. The number of esters is 1. The zero-order valence-corrected chi connectivity index (χ0v) is 21.8. The van der Waals surface area contributed by atoms with Crippen LogP contribution >= 0.6 is 11.3 Å². The predicted molar refractivity (Wildman–Crippen MR) is 144 cm³/mol. The summed E-state index contributed by atoms with van der Waals surface area (Å²) < 4.78 is 18.4. The number of benzene rings is 3. The third-order valence-corrected chi connectivity index (χ3v) is 7.33. The van der Waals surface area contributed by atoms with Gasteiger partial charge in [-0.3, -0.25) is 9.36 Å². The van der Waals surface area contributed by atoms with Gasteiger partial charge in [-0.2, -0.15) is 0 Å². The van der Waals surface area contributed by atoms with Crippen LogP contribution in [0, 0.1) is 0 Å². The average Bonchev–Trinajstić information content (AvgIpc) is 3.21. The molecular weight excluding hydrogens is 488 g/mol. The summed E-state index contributed by atoms with van der Waals surface area (Å²) in [6.07, 6.45) is 1.89. The summed E-state index contributed by atoms with van der Waals surface area (Å²) in [5, 5.41) is 2.14. The number of methoxy groups -OCH3 is 2. The molecule has 0 saturated heterocycles. The Morgan fingerprint density at radius 2 is 1.81 bits per heavy atom. The Morgan fingerprint density at radius 1 is 1.05 bits per heavy atom. The molecule has 188 valence electrons. The SMILES string of the molecule is CCOC(=O)C1=C(C)N=c2s/c(=C/c3cccc4ccccc34)c(=O)n2[C@H]1c1ccc(OC)c(OC)c1. The number of allylic oxidation sites excluding steroid dienone is 1. The molecule has 4 aromatic rings. The second kappa shape index (κ2) is 10.1. The van der Waals surface area contributed by atoms with Gasteiger partial charge in [-0.1, -0.05) is 59.9 Å². The van der Waals surface area contributed by atoms with Gasteiger partial charge in [0, 0.05) is 0 Å². The summed E-state index contributed by atoms with van der Waals surface area (Å²) in [4.78, 5) is 32.2. The van der Waals surface area contributed by atoms with Gasteiger partial charge < -0.3 is 14.2 Å². The van der Waals surface area contributed by atoms with E-state index in [9.17, 15) is 9.59 Å². The van der Waals surface area contributed by atoms with Crippen molar-refractivity contribution >= 4 is 34.2 Å². The molecule has 1 atom stereocenters. The zero-order chi connectivity index (χ0) is 26.1. The van der Waals surface area contributed by atoms with E-state index in [0.717, 1.165) is 16.3 Å². The molecule has 0 radical (unpaired) electrons. The molecule has 0 fully saturated rings. The van der Waals surface area contributed by atoms with Crippen molar-refractivity contribution in [1.82, 2.24) is 4.57 Å². The van der Waals surface area contributed by atoms with Crippen LogP contribution < -0.4 is 24.4 Å². The largest absolute Gasteiger partial charge is 0.493 e. The van der Waals surface area contributed by atoms with Gasteiger partial charge in [0.25, 0.3) is 5.56 Å². The Labute approximate surface area is 217 Å². The van der Waals surface area contributed by atoms with Gasteiger partial charge in [-0.05, 0) is 54.0 Å². The Kier molecular flexibility index (Phi) is 6.67. The second-order valence-electron chi connectivity index (χ2n) is 8.49. The standard InChI is InChI=1S/C29H26N2O5S/c1-5-36-28(33)25-17(2)30-29-31(26(25)20-13-14-22(34-3)23(15-20)35-4)27(32)24(37-29)16-19-11-8-10-18-9-6-7-12-21(18)19/h6-16,26H,5H2,1-4H3/b24-16+/t26-/m0/s1. The van der Waals surface area contributed by atoms with Gasteiger partial charge >= 0.3 is 5.97 Å². The lowest BCUT2D eigenvalue weighted by Gasteiger charge is -2.25.